The summed E-state index contributed by atoms with van der Waals surface area (Å²) >= 11 is 0. The summed E-state index contributed by atoms with van der Waals surface area (Å²) in [5.41, 5.74) is 2.74. The van der Waals surface area contributed by atoms with Crippen LogP contribution in [0, 0.1) is 0 Å². The van der Waals surface area contributed by atoms with Crippen LogP contribution in [0.25, 0.3) is 0 Å². The van der Waals surface area contributed by atoms with Gasteiger partial charge in [-0.05, 0) is 37.6 Å². The highest BCUT2D eigenvalue weighted by molar-refractivity contribution is 5.94. The van der Waals surface area contributed by atoms with E-state index in [-0.39, 0.29) is 5.91 Å². The number of ether oxygens (including phenoxy) is 1. The number of nitrogens with one attached hydrogen (secondary N) is 3. The number of hydrogen-bond donors (Lipinski definition) is 3. The van der Waals surface area contributed by atoms with Crippen molar-refractivity contribution in [3.63, 3.8) is 0 Å². The third-order valence-corrected chi connectivity index (χ3v) is 3.93. The van der Waals surface area contributed by atoms with Crippen LogP contribution in [-0.4, -0.2) is 32.1 Å². The molecule has 2 aromatic rings. The molecule has 0 radical (unpaired) electrons. The van der Waals surface area contributed by atoms with Crippen molar-refractivity contribution in [1.82, 2.24) is 16.0 Å². The van der Waals surface area contributed by atoms with Crippen molar-refractivity contribution in [3.8, 4) is 5.75 Å². The number of para-hydroxylation sites is 1. The van der Waals surface area contributed by atoms with Gasteiger partial charge in [-0.25, -0.2) is 0 Å². The Balaban J connectivity index is 1.93. The van der Waals surface area contributed by atoms with Gasteiger partial charge in [-0.15, -0.1) is 0 Å². The van der Waals surface area contributed by atoms with Gasteiger partial charge in [0.15, 0.2) is 5.96 Å². The SMILES string of the molecule is CCNC(=O)c1cccc(CNC(=NC)NCc2ccccc2OCC)c1. The third kappa shape index (κ3) is 6.33. The Bertz CT molecular complexity index is 774. The molecule has 0 spiro atoms. The summed E-state index contributed by atoms with van der Waals surface area (Å²) in [6.07, 6.45) is 0. The summed E-state index contributed by atoms with van der Waals surface area (Å²) in [7, 11) is 1.73. The average molecular weight is 368 g/mol. The van der Waals surface area contributed by atoms with Crippen molar-refractivity contribution >= 4 is 11.9 Å². The van der Waals surface area contributed by atoms with Crippen molar-refractivity contribution in [1.29, 1.82) is 0 Å². The fourth-order valence-corrected chi connectivity index (χ4v) is 2.62. The maximum atomic E-state index is 12.0. The van der Waals surface area contributed by atoms with Crippen molar-refractivity contribution in [2.45, 2.75) is 26.9 Å². The normalized spacial score (nSPS) is 11.0. The fraction of sp³-hybridized carbons (Fsp3) is 0.333. The molecule has 0 aromatic heterocycles. The smallest absolute Gasteiger partial charge is 0.251 e. The second-order valence-electron chi connectivity index (χ2n) is 5.88. The van der Waals surface area contributed by atoms with Crippen LogP contribution in [0.15, 0.2) is 53.5 Å². The number of guanidine groups is 1. The lowest BCUT2D eigenvalue weighted by atomic mass is 10.1. The van der Waals surface area contributed by atoms with Crippen molar-refractivity contribution in [2.75, 3.05) is 20.2 Å². The van der Waals surface area contributed by atoms with E-state index in [1.165, 1.54) is 0 Å². The molecule has 0 fully saturated rings. The summed E-state index contributed by atoms with van der Waals surface area (Å²) in [4.78, 5) is 16.2. The Morgan fingerprint density at radius 2 is 1.78 bits per heavy atom. The molecule has 0 saturated heterocycles. The van der Waals surface area contributed by atoms with Crippen LogP contribution < -0.4 is 20.7 Å². The minimum atomic E-state index is -0.0608. The number of aliphatic imine (C=N–C) groups is 1. The Hall–Kier alpha value is -3.02. The first-order valence-electron chi connectivity index (χ1n) is 9.20. The molecule has 144 valence electrons. The molecule has 0 bridgehead atoms. The molecular weight excluding hydrogens is 340 g/mol. The molecule has 0 unspecified atom stereocenters. The molecule has 0 aliphatic carbocycles. The largest absolute Gasteiger partial charge is 0.494 e. The number of carbonyl (C=O) groups is 1. The first-order valence-corrected chi connectivity index (χ1v) is 9.20. The molecule has 3 N–H and O–H groups in total. The number of hydrogen-bond acceptors (Lipinski definition) is 3. The van der Waals surface area contributed by atoms with Crippen LogP contribution in [0.2, 0.25) is 0 Å². The molecule has 0 aliphatic rings. The lowest BCUT2D eigenvalue weighted by molar-refractivity contribution is 0.0955. The standard InChI is InChI=1S/C21H28N4O2/c1-4-23-20(26)17-11-8-9-16(13-17)14-24-21(22-3)25-15-18-10-6-7-12-19(18)27-5-2/h6-13H,4-5,14-15H2,1-3H3,(H,23,26)(H2,22,24,25). The highest BCUT2D eigenvalue weighted by Gasteiger charge is 2.06. The molecule has 2 rings (SSSR count). The zero-order valence-electron chi connectivity index (χ0n) is 16.2. The highest BCUT2D eigenvalue weighted by atomic mass is 16.5. The van der Waals surface area contributed by atoms with E-state index < -0.39 is 0 Å². The van der Waals surface area contributed by atoms with Gasteiger partial charge in [-0.2, -0.15) is 0 Å². The van der Waals surface area contributed by atoms with E-state index in [4.69, 9.17) is 4.74 Å². The van der Waals surface area contributed by atoms with Gasteiger partial charge in [0.25, 0.3) is 5.91 Å². The second kappa shape index (κ2) is 10.9. The monoisotopic (exact) mass is 368 g/mol. The zero-order chi connectivity index (χ0) is 19.5. The van der Waals surface area contributed by atoms with Crippen molar-refractivity contribution in [3.05, 3.63) is 65.2 Å². The Labute approximate surface area is 161 Å². The number of rotatable bonds is 8. The quantitative estimate of drug-likeness (QED) is 0.495. The topological polar surface area (TPSA) is 74.8 Å². The first kappa shape index (κ1) is 20.3. The molecule has 6 heteroatoms. The van der Waals surface area contributed by atoms with E-state index in [9.17, 15) is 4.79 Å². The van der Waals surface area contributed by atoms with E-state index >= 15 is 0 Å². The molecular formula is C21H28N4O2. The predicted octanol–water partition coefficient (Wildman–Crippen LogP) is 2.70. The van der Waals surface area contributed by atoms with Gasteiger partial charge in [0.2, 0.25) is 0 Å². The molecule has 0 aliphatic heterocycles. The maximum absolute atomic E-state index is 12.0. The fourth-order valence-electron chi connectivity index (χ4n) is 2.62. The molecule has 1 amide bonds. The van der Waals surface area contributed by atoms with Crippen LogP contribution in [0.4, 0.5) is 0 Å². The summed E-state index contributed by atoms with van der Waals surface area (Å²) in [5, 5.41) is 9.38. The summed E-state index contributed by atoms with van der Waals surface area (Å²) in [6, 6.07) is 15.5. The van der Waals surface area contributed by atoms with Crippen molar-refractivity contribution < 1.29 is 9.53 Å². The van der Waals surface area contributed by atoms with Gasteiger partial charge >= 0.3 is 0 Å². The Kier molecular flexibility index (Phi) is 8.16. The van der Waals surface area contributed by atoms with Gasteiger partial charge < -0.3 is 20.7 Å². The van der Waals surface area contributed by atoms with Crippen LogP contribution in [-0.2, 0) is 13.1 Å². The molecule has 0 heterocycles. The zero-order valence-corrected chi connectivity index (χ0v) is 16.2. The number of carbonyl (C=O) groups excluding carboxylic acids is 1. The van der Waals surface area contributed by atoms with Gasteiger partial charge in [0.1, 0.15) is 5.75 Å². The van der Waals surface area contributed by atoms with Crippen LogP contribution >= 0.6 is 0 Å². The Morgan fingerprint density at radius 1 is 1.00 bits per heavy atom. The van der Waals surface area contributed by atoms with Gasteiger partial charge in [0.05, 0.1) is 6.61 Å². The minimum absolute atomic E-state index is 0.0608. The number of benzene rings is 2. The molecule has 27 heavy (non-hydrogen) atoms. The molecule has 6 nitrogen and oxygen atoms in total. The lowest BCUT2D eigenvalue weighted by Gasteiger charge is -2.14. The summed E-state index contributed by atoms with van der Waals surface area (Å²) in [5.74, 6) is 1.50. The van der Waals surface area contributed by atoms with E-state index in [1.54, 1.807) is 7.05 Å². The van der Waals surface area contributed by atoms with E-state index in [1.807, 2.05) is 62.4 Å². The summed E-state index contributed by atoms with van der Waals surface area (Å²) in [6.45, 7) is 6.30. The lowest BCUT2D eigenvalue weighted by Crippen LogP contribution is -2.36. The van der Waals surface area contributed by atoms with E-state index in [0.717, 1.165) is 16.9 Å². The van der Waals surface area contributed by atoms with E-state index in [0.29, 0.717) is 37.8 Å². The molecule has 0 atom stereocenters. The van der Waals surface area contributed by atoms with Crippen LogP contribution in [0.3, 0.4) is 0 Å². The van der Waals surface area contributed by atoms with E-state index in [2.05, 4.69) is 20.9 Å². The van der Waals surface area contributed by atoms with Crippen LogP contribution in [0.5, 0.6) is 5.75 Å². The highest BCUT2D eigenvalue weighted by Crippen LogP contribution is 2.17. The first-order chi connectivity index (χ1) is 13.2. The minimum Gasteiger partial charge on any atom is -0.494 e. The van der Waals surface area contributed by atoms with Crippen molar-refractivity contribution in [2.24, 2.45) is 4.99 Å². The van der Waals surface area contributed by atoms with Gasteiger partial charge in [-0.1, -0.05) is 30.3 Å². The summed E-state index contributed by atoms with van der Waals surface area (Å²) < 4.78 is 5.65. The van der Waals surface area contributed by atoms with Gasteiger partial charge in [-0.3, -0.25) is 9.79 Å². The molecule has 2 aromatic carbocycles. The number of amides is 1. The van der Waals surface area contributed by atoms with Crippen LogP contribution in [0.1, 0.15) is 35.3 Å². The molecule has 0 saturated carbocycles. The average Bonchev–Trinajstić information content (AvgIpc) is 2.70. The predicted molar refractivity (Wildman–Crippen MR) is 109 cm³/mol. The second-order valence-corrected chi connectivity index (χ2v) is 5.88. The number of nitrogens with zero attached hydrogens (tertiary/aromatic N) is 1. The maximum Gasteiger partial charge on any atom is 0.251 e. The third-order valence-electron chi connectivity index (χ3n) is 3.93. The Morgan fingerprint density at radius 3 is 2.52 bits per heavy atom. The van der Waals surface area contributed by atoms with Gasteiger partial charge in [0, 0.05) is 37.8 Å².